The molecule has 1 atom stereocenters. The molecule has 13 heavy (non-hydrogen) atoms. The van der Waals surface area contributed by atoms with Gasteiger partial charge in [-0.3, -0.25) is 4.79 Å². The first-order valence-electron chi connectivity index (χ1n) is 4.21. The van der Waals surface area contributed by atoms with Gasteiger partial charge in [-0.15, -0.1) is 0 Å². The van der Waals surface area contributed by atoms with Crippen LogP contribution < -0.4 is 0 Å². The van der Waals surface area contributed by atoms with Gasteiger partial charge >= 0.3 is 0 Å². The lowest BCUT2D eigenvalue weighted by atomic mass is 9.88. The Bertz CT molecular complexity index is 416. The highest BCUT2D eigenvalue weighted by molar-refractivity contribution is 6.06. The lowest BCUT2D eigenvalue weighted by Gasteiger charge is -2.09. The van der Waals surface area contributed by atoms with Gasteiger partial charge < -0.3 is 0 Å². The molecule has 1 aliphatic rings. The quantitative estimate of drug-likeness (QED) is 0.598. The van der Waals surface area contributed by atoms with Crippen LogP contribution in [0.2, 0.25) is 0 Å². The third-order valence-electron chi connectivity index (χ3n) is 2.55. The molecule has 64 valence electrons. The summed E-state index contributed by atoms with van der Waals surface area (Å²) >= 11 is 0. The lowest BCUT2D eigenvalue weighted by molar-refractivity contribution is 0.0898. The van der Waals surface area contributed by atoms with Gasteiger partial charge in [0, 0.05) is 5.56 Å². The van der Waals surface area contributed by atoms with Gasteiger partial charge in [0.2, 0.25) is 0 Å². The molecule has 0 heterocycles. The van der Waals surface area contributed by atoms with E-state index in [-0.39, 0.29) is 5.78 Å². The number of benzene rings is 1. The van der Waals surface area contributed by atoms with E-state index in [1.807, 2.05) is 18.2 Å². The fourth-order valence-electron chi connectivity index (χ4n) is 1.74. The highest BCUT2D eigenvalue weighted by atomic mass is 16.1. The minimum Gasteiger partial charge on any atom is -0.292 e. The number of carbonyl (C=O) groups is 1. The van der Waals surface area contributed by atoms with Crippen LogP contribution in [-0.2, 0) is 6.42 Å². The number of Topliss-reactive ketones (excluding diaryl/α,β-unsaturated/α-hetero) is 1. The van der Waals surface area contributed by atoms with Gasteiger partial charge in [0.25, 0.3) is 0 Å². The van der Waals surface area contributed by atoms with Crippen molar-refractivity contribution in [1.29, 1.82) is 5.26 Å². The SMILES string of the molecule is CC1(C#N)Cc2ccccc2C1=O. The second-order valence-corrected chi connectivity index (χ2v) is 3.61. The standard InChI is InChI=1S/C11H9NO/c1-11(7-12)6-8-4-2-3-5-9(8)10(11)13/h2-5H,6H2,1H3. The minimum atomic E-state index is -0.830. The van der Waals surface area contributed by atoms with Crippen LogP contribution in [0.5, 0.6) is 0 Å². The number of fused-ring (bicyclic) bond motifs is 1. The van der Waals surface area contributed by atoms with E-state index in [0.717, 1.165) is 5.56 Å². The van der Waals surface area contributed by atoms with E-state index < -0.39 is 5.41 Å². The van der Waals surface area contributed by atoms with E-state index in [0.29, 0.717) is 12.0 Å². The summed E-state index contributed by atoms with van der Waals surface area (Å²) in [5.41, 5.74) is 0.882. The minimum absolute atomic E-state index is 0.0365. The first kappa shape index (κ1) is 8.00. The number of rotatable bonds is 0. The van der Waals surface area contributed by atoms with E-state index in [4.69, 9.17) is 5.26 Å². The Labute approximate surface area is 76.8 Å². The van der Waals surface area contributed by atoms with Crippen molar-refractivity contribution in [3.63, 3.8) is 0 Å². The molecule has 0 bridgehead atoms. The average molecular weight is 171 g/mol. The third-order valence-corrected chi connectivity index (χ3v) is 2.55. The molecule has 0 aromatic heterocycles. The Kier molecular flexibility index (Phi) is 1.50. The molecule has 2 nitrogen and oxygen atoms in total. The Hall–Kier alpha value is -1.62. The zero-order valence-corrected chi connectivity index (χ0v) is 7.37. The van der Waals surface area contributed by atoms with Gasteiger partial charge in [-0.2, -0.15) is 5.26 Å². The van der Waals surface area contributed by atoms with Crippen molar-refractivity contribution in [1.82, 2.24) is 0 Å². The maximum absolute atomic E-state index is 11.7. The molecule has 0 N–H and O–H groups in total. The highest BCUT2D eigenvalue weighted by Crippen LogP contribution is 2.35. The zero-order chi connectivity index (χ0) is 9.47. The molecular weight excluding hydrogens is 162 g/mol. The van der Waals surface area contributed by atoms with Crippen LogP contribution in [0.15, 0.2) is 24.3 Å². The third kappa shape index (κ3) is 0.972. The van der Waals surface area contributed by atoms with Crippen molar-refractivity contribution in [2.24, 2.45) is 5.41 Å². The Morgan fingerprint density at radius 3 is 2.77 bits per heavy atom. The van der Waals surface area contributed by atoms with E-state index in [9.17, 15) is 4.79 Å². The van der Waals surface area contributed by atoms with Crippen LogP contribution in [0.3, 0.4) is 0 Å². The van der Waals surface area contributed by atoms with Crippen LogP contribution in [0.4, 0.5) is 0 Å². The molecule has 2 rings (SSSR count). The van der Waals surface area contributed by atoms with Crippen molar-refractivity contribution in [2.45, 2.75) is 13.3 Å². The largest absolute Gasteiger partial charge is 0.292 e. The lowest BCUT2D eigenvalue weighted by Crippen LogP contribution is -2.21. The number of hydrogen-bond donors (Lipinski definition) is 0. The molecule has 0 spiro atoms. The molecule has 2 heteroatoms. The summed E-state index contributed by atoms with van der Waals surface area (Å²) in [7, 11) is 0. The van der Waals surface area contributed by atoms with Crippen molar-refractivity contribution in [3.05, 3.63) is 35.4 Å². The molecular formula is C11H9NO. The Morgan fingerprint density at radius 2 is 2.15 bits per heavy atom. The van der Waals surface area contributed by atoms with Crippen LogP contribution in [0, 0.1) is 16.7 Å². The summed E-state index contributed by atoms with van der Waals surface area (Å²) in [6.07, 6.45) is 0.554. The molecule has 0 saturated carbocycles. The second kappa shape index (κ2) is 2.43. The molecule has 0 saturated heterocycles. The van der Waals surface area contributed by atoms with Crippen molar-refractivity contribution in [2.75, 3.05) is 0 Å². The van der Waals surface area contributed by atoms with Crippen molar-refractivity contribution in [3.8, 4) is 6.07 Å². The summed E-state index contributed by atoms with van der Waals surface area (Å²) in [5, 5.41) is 8.90. The van der Waals surface area contributed by atoms with E-state index in [2.05, 4.69) is 6.07 Å². The van der Waals surface area contributed by atoms with Crippen LogP contribution in [0.1, 0.15) is 22.8 Å². The average Bonchev–Trinajstić information content (AvgIpc) is 2.41. The Morgan fingerprint density at radius 1 is 1.46 bits per heavy atom. The summed E-state index contributed by atoms with van der Waals surface area (Å²) in [6, 6.07) is 9.52. The summed E-state index contributed by atoms with van der Waals surface area (Å²) in [6.45, 7) is 1.70. The summed E-state index contributed by atoms with van der Waals surface area (Å²) in [5.74, 6) is -0.0365. The van der Waals surface area contributed by atoms with Crippen LogP contribution >= 0.6 is 0 Å². The van der Waals surface area contributed by atoms with Gasteiger partial charge in [0.15, 0.2) is 5.78 Å². The molecule has 1 aromatic rings. The van der Waals surface area contributed by atoms with Crippen LogP contribution in [-0.4, -0.2) is 5.78 Å². The van der Waals surface area contributed by atoms with E-state index >= 15 is 0 Å². The normalized spacial score (nSPS) is 25.4. The molecule has 0 aliphatic heterocycles. The number of nitriles is 1. The first-order valence-corrected chi connectivity index (χ1v) is 4.21. The maximum Gasteiger partial charge on any atom is 0.183 e. The van der Waals surface area contributed by atoms with Gasteiger partial charge in [-0.05, 0) is 18.9 Å². The predicted octanol–water partition coefficient (Wildman–Crippen LogP) is 1.96. The maximum atomic E-state index is 11.7. The van der Waals surface area contributed by atoms with Gasteiger partial charge in [0.1, 0.15) is 5.41 Å². The second-order valence-electron chi connectivity index (χ2n) is 3.61. The zero-order valence-electron chi connectivity index (χ0n) is 7.37. The van der Waals surface area contributed by atoms with Gasteiger partial charge in [-0.25, -0.2) is 0 Å². The molecule has 0 radical (unpaired) electrons. The number of ketones is 1. The number of hydrogen-bond acceptors (Lipinski definition) is 2. The molecule has 0 fully saturated rings. The van der Waals surface area contributed by atoms with E-state index in [1.165, 1.54) is 0 Å². The van der Waals surface area contributed by atoms with Gasteiger partial charge in [-0.1, -0.05) is 24.3 Å². The van der Waals surface area contributed by atoms with Crippen molar-refractivity contribution >= 4 is 5.78 Å². The monoisotopic (exact) mass is 171 g/mol. The molecule has 0 amide bonds. The van der Waals surface area contributed by atoms with E-state index in [1.54, 1.807) is 13.0 Å². The number of nitrogens with zero attached hydrogens (tertiary/aromatic N) is 1. The summed E-state index contributed by atoms with van der Waals surface area (Å²) in [4.78, 5) is 11.7. The molecule has 1 aromatic carbocycles. The first-order chi connectivity index (χ1) is 6.17. The molecule has 1 unspecified atom stereocenters. The topological polar surface area (TPSA) is 40.9 Å². The highest BCUT2D eigenvalue weighted by Gasteiger charge is 2.41. The predicted molar refractivity (Wildman–Crippen MR) is 48.2 cm³/mol. The van der Waals surface area contributed by atoms with Crippen LogP contribution in [0.25, 0.3) is 0 Å². The fourth-order valence-corrected chi connectivity index (χ4v) is 1.74. The number of carbonyl (C=O) groups excluding carboxylic acids is 1. The summed E-state index contributed by atoms with van der Waals surface area (Å²) < 4.78 is 0. The van der Waals surface area contributed by atoms with Gasteiger partial charge in [0.05, 0.1) is 6.07 Å². The Balaban J connectivity index is 2.57. The molecule has 1 aliphatic carbocycles. The smallest absolute Gasteiger partial charge is 0.183 e. The fraction of sp³-hybridized carbons (Fsp3) is 0.273. The van der Waals surface area contributed by atoms with Crippen molar-refractivity contribution < 1.29 is 4.79 Å².